The van der Waals surface area contributed by atoms with E-state index >= 15 is 0 Å². The fourth-order valence-electron chi connectivity index (χ4n) is 0. The van der Waals surface area contributed by atoms with Crippen LogP contribution in [0.3, 0.4) is 0 Å². The number of carbonyl (C=O) groups is 1. The van der Waals surface area contributed by atoms with Crippen LogP contribution in [0.2, 0.25) is 0 Å². The maximum atomic E-state index is 8.36. The van der Waals surface area contributed by atoms with Crippen molar-refractivity contribution in [3.05, 3.63) is 0 Å². The molecule has 0 rings (SSSR count). The lowest BCUT2D eigenvalue weighted by molar-refractivity contribution is -0.122. The molecular formula is CH6ClNO2. The van der Waals surface area contributed by atoms with Crippen LogP contribution < -0.4 is 6.15 Å². The van der Waals surface area contributed by atoms with Crippen molar-refractivity contribution in [2.24, 2.45) is 0 Å². The summed E-state index contributed by atoms with van der Waals surface area (Å²) in [6, 6.07) is 0. The predicted molar refractivity (Wildman–Crippen MR) is 21.0 cm³/mol. The van der Waals surface area contributed by atoms with Gasteiger partial charge in [-0.15, -0.1) is 12.4 Å². The second kappa shape index (κ2) is 53.1. The molecule has 0 aromatic carbocycles. The lowest BCUT2D eigenvalue weighted by Crippen LogP contribution is -1.49. The van der Waals surface area contributed by atoms with Gasteiger partial charge in [-0.25, -0.2) is 0 Å². The topological polar surface area (TPSA) is 72.3 Å². The fourth-order valence-corrected chi connectivity index (χ4v) is 0. The smallest absolute Gasteiger partial charge is 0.290 e. The molecule has 0 amide bonds. The Morgan fingerprint density at radius 2 is 1.60 bits per heavy atom. The van der Waals surface area contributed by atoms with E-state index in [0.717, 1.165) is 0 Å². The molecule has 4 heteroatoms. The van der Waals surface area contributed by atoms with Gasteiger partial charge in [0.25, 0.3) is 6.47 Å². The van der Waals surface area contributed by atoms with Gasteiger partial charge < -0.3 is 11.3 Å². The summed E-state index contributed by atoms with van der Waals surface area (Å²) in [4.78, 5) is 8.36. The summed E-state index contributed by atoms with van der Waals surface area (Å²) in [5, 5.41) is 6.89. The Morgan fingerprint density at radius 3 is 1.60 bits per heavy atom. The van der Waals surface area contributed by atoms with Crippen LogP contribution >= 0.6 is 12.4 Å². The number of halogens is 1. The molecule has 0 aliphatic heterocycles. The lowest BCUT2D eigenvalue weighted by atomic mass is 11.7. The van der Waals surface area contributed by atoms with Crippen LogP contribution in [-0.2, 0) is 4.79 Å². The average Bonchev–Trinajstić information content (AvgIpc) is 0.918. The van der Waals surface area contributed by atoms with E-state index in [1.54, 1.807) is 0 Å². The number of rotatable bonds is 0. The maximum absolute atomic E-state index is 8.36. The summed E-state index contributed by atoms with van der Waals surface area (Å²) in [6.45, 7) is -0.250. The SMILES string of the molecule is Cl.N.O=CO. The normalized spacial score (nSPS) is 2.40. The standard InChI is InChI=1S/CH2O2.ClH.H3N/c2-1-3;;/h1H,(H,2,3);1H;1H3. The van der Waals surface area contributed by atoms with E-state index in [2.05, 4.69) is 0 Å². The quantitative estimate of drug-likeness (QED) is 0.429. The van der Waals surface area contributed by atoms with Crippen molar-refractivity contribution < 1.29 is 9.90 Å². The van der Waals surface area contributed by atoms with Crippen molar-refractivity contribution in [3.8, 4) is 0 Å². The third kappa shape index (κ3) is 140. The van der Waals surface area contributed by atoms with Gasteiger partial charge in [0, 0.05) is 0 Å². The zero-order valence-electron chi connectivity index (χ0n) is 2.55. The minimum atomic E-state index is -0.250. The summed E-state index contributed by atoms with van der Waals surface area (Å²) < 4.78 is 0. The molecule has 0 saturated heterocycles. The molecule has 34 valence electrons. The molecule has 0 heterocycles. The minimum Gasteiger partial charge on any atom is -0.483 e. The number of hydrogen-bond acceptors (Lipinski definition) is 2. The van der Waals surface area contributed by atoms with Gasteiger partial charge in [0.2, 0.25) is 0 Å². The third-order valence-electron chi connectivity index (χ3n) is 0. The molecule has 0 atom stereocenters. The van der Waals surface area contributed by atoms with Crippen molar-refractivity contribution in [1.29, 1.82) is 0 Å². The first-order valence-corrected chi connectivity index (χ1v) is 0.494. The molecule has 3 nitrogen and oxygen atoms in total. The highest BCUT2D eigenvalue weighted by Crippen LogP contribution is 0.966. The van der Waals surface area contributed by atoms with Crippen molar-refractivity contribution in [2.45, 2.75) is 0 Å². The molecule has 0 aliphatic rings. The molecule has 0 unspecified atom stereocenters. The van der Waals surface area contributed by atoms with E-state index in [4.69, 9.17) is 9.90 Å². The van der Waals surface area contributed by atoms with Crippen LogP contribution in [0.5, 0.6) is 0 Å². The number of carboxylic acid groups (broad SMARTS) is 1. The van der Waals surface area contributed by atoms with E-state index in [1.165, 1.54) is 0 Å². The molecule has 4 N–H and O–H groups in total. The van der Waals surface area contributed by atoms with Gasteiger partial charge in [-0.3, -0.25) is 4.79 Å². The molecular weight excluding hydrogens is 93.5 g/mol. The van der Waals surface area contributed by atoms with Crippen LogP contribution in [0.4, 0.5) is 0 Å². The Hall–Kier alpha value is -0.280. The first kappa shape index (κ1) is 22.1. The van der Waals surface area contributed by atoms with E-state index in [0.29, 0.717) is 0 Å². The largest absolute Gasteiger partial charge is 0.483 e. The molecule has 0 aliphatic carbocycles. The van der Waals surface area contributed by atoms with E-state index < -0.39 is 0 Å². The zero-order chi connectivity index (χ0) is 2.71. The van der Waals surface area contributed by atoms with E-state index in [9.17, 15) is 0 Å². The lowest BCUT2D eigenvalue weighted by Gasteiger charge is -1.34. The summed E-state index contributed by atoms with van der Waals surface area (Å²) in [5.74, 6) is 0. The summed E-state index contributed by atoms with van der Waals surface area (Å²) >= 11 is 0. The summed E-state index contributed by atoms with van der Waals surface area (Å²) in [7, 11) is 0. The maximum Gasteiger partial charge on any atom is 0.290 e. The Labute approximate surface area is 36.0 Å². The highest BCUT2D eigenvalue weighted by molar-refractivity contribution is 5.85. The Kier molecular flexibility index (Phi) is 234. The Balaban J connectivity index is -0.0000000200. The van der Waals surface area contributed by atoms with Crippen molar-refractivity contribution in [1.82, 2.24) is 6.15 Å². The van der Waals surface area contributed by atoms with E-state index in [-0.39, 0.29) is 25.0 Å². The van der Waals surface area contributed by atoms with Crippen LogP contribution in [0.1, 0.15) is 0 Å². The third-order valence-corrected chi connectivity index (χ3v) is 0. The van der Waals surface area contributed by atoms with Crippen LogP contribution in [0.25, 0.3) is 0 Å². The summed E-state index contributed by atoms with van der Waals surface area (Å²) in [5.41, 5.74) is 0. The van der Waals surface area contributed by atoms with Gasteiger partial charge in [-0.05, 0) is 0 Å². The van der Waals surface area contributed by atoms with Crippen LogP contribution in [-0.4, -0.2) is 11.6 Å². The highest BCUT2D eigenvalue weighted by Gasteiger charge is 1.22. The van der Waals surface area contributed by atoms with Gasteiger partial charge in [0.05, 0.1) is 0 Å². The molecule has 0 aromatic heterocycles. The van der Waals surface area contributed by atoms with Crippen molar-refractivity contribution in [2.75, 3.05) is 0 Å². The van der Waals surface area contributed by atoms with Gasteiger partial charge in [-0.1, -0.05) is 0 Å². The molecule has 0 bridgehead atoms. The molecule has 0 radical (unpaired) electrons. The molecule has 0 fully saturated rings. The Bertz CT molecular complexity index is 17.1. The molecule has 5 heavy (non-hydrogen) atoms. The second-order valence-corrected chi connectivity index (χ2v) is 0.105. The monoisotopic (exact) mass is 99.0 g/mol. The van der Waals surface area contributed by atoms with Gasteiger partial charge >= 0.3 is 0 Å². The number of hydrogen-bond donors (Lipinski definition) is 2. The molecule has 0 aromatic rings. The predicted octanol–water partition coefficient (Wildman–Crippen LogP) is 0.285. The van der Waals surface area contributed by atoms with Crippen molar-refractivity contribution >= 4 is 18.9 Å². The highest BCUT2D eigenvalue weighted by atomic mass is 35.5. The Morgan fingerprint density at radius 1 is 1.60 bits per heavy atom. The van der Waals surface area contributed by atoms with Crippen LogP contribution in [0, 0.1) is 0 Å². The van der Waals surface area contributed by atoms with E-state index in [1.807, 2.05) is 0 Å². The fraction of sp³-hybridized carbons (Fsp3) is 0. The first-order chi connectivity index (χ1) is 1.41. The van der Waals surface area contributed by atoms with Gasteiger partial charge in [-0.2, -0.15) is 0 Å². The van der Waals surface area contributed by atoms with Crippen LogP contribution in [0.15, 0.2) is 0 Å². The average molecular weight is 99.5 g/mol. The summed E-state index contributed by atoms with van der Waals surface area (Å²) in [6.07, 6.45) is 0. The zero-order valence-corrected chi connectivity index (χ0v) is 3.36. The molecule has 0 saturated carbocycles. The first-order valence-electron chi connectivity index (χ1n) is 0.494. The van der Waals surface area contributed by atoms with Crippen molar-refractivity contribution in [3.63, 3.8) is 0 Å². The minimum absolute atomic E-state index is 0. The van der Waals surface area contributed by atoms with Gasteiger partial charge in [0.15, 0.2) is 0 Å². The molecule has 0 spiro atoms. The van der Waals surface area contributed by atoms with Gasteiger partial charge in [0.1, 0.15) is 0 Å². The second-order valence-electron chi connectivity index (χ2n) is 0.105.